The standard InChI is InChI=1S/C15H12Br2O2/c1-9-3-4-10(7-13(9)17)15(18)12-8-11(16)5-6-14(12)19-2/h3-8H,1-2H3. The van der Waals surface area contributed by atoms with Gasteiger partial charge in [-0.2, -0.15) is 0 Å². The Balaban J connectivity index is 2.49. The number of methoxy groups -OCH3 is 1. The summed E-state index contributed by atoms with van der Waals surface area (Å²) in [5.41, 5.74) is 2.28. The Kier molecular flexibility index (Phi) is 4.42. The molecule has 0 heterocycles. The van der Waals surface area contributed by atoms with Crippen molar-refractivity contribution >= 4 is 37.6 Å². The zero-order valence-electron chi connectivity index (χ0n) is 10.5. The minimum atomic E-state index is -0.0566. The molecule has 4 heteroatoms. The van der Waals surface area contributed by atoms with Gasteiger partial charge in [-0.1, -0.05) is 44.0 Å². The molecule has 0 radical (unpaired) electrons. The molecule has 0 amide bonds. The maximum Gasteiger partial charge on any atom is 0.196 e. The molecule has 0 saturated carbocycles. The molecule has 0 unspecified atom stereocenters. The fourth-order valence-electron chi connectivity index (χ4n) is 1.75. The van der Waals surface area contributed by atoms with E-state index in [1.807, 2.05) is 31.2 Å². The van der Waals surface area contributed by atoms with Gasteiger partial charge in [-0.3, -0.25) is 4.79 Å². The number of ketones is 1. The highest BCUT2D eigenvalue weighted by Gasteiger charge is 2.15. The maximum atomic E-state index is 12.5. The fraction of sp³-hybridized carbons (Fsp3) is 0.133. The smallest absolute Gasteiger partial charge is 0.196 e. The highest BCUT2D eigenvalue weighted by Crippen LogP contribution is 2.27. The van der Waals surface area contributed by atoms with Gasteiger partial charge in [0.25, 0.3) is 0 Å². The Morgan fingerprint density at radius 1 is 1.11 bits per heavy atom. The maximum absolute atomic E-state index is 12.5. The summed E-state index contributed by atoms with van der Waals surface area (Å²) in [7, 11) is 1.56. The molecule has 0 fully saturated rings. The molecule has 19 heavy (non-hydrogen) atoms. The molecular formula is C15H12Br2O2. The summed E-state index contributed by atoms with van der Waals surface area (Å²) in [6, 6.07) is 11.0. The molecule has 0 atom stereocenters. The molecule has 2 rings (SSSR count). The Bertz CT molecular complexity index is 636. The van der Waals surface area contributed by atoms with Crippen LogP contribution in [0.25, 0.3) is 0 Å². The Hall–Kier alpha value is -1.13. The van der Waals surface area contributed by atoms with Crippen LogP contribution in [0.5, 0.6) is 5.75 Å². The Labute approximate surface area is 129 Å². The van der Waals surface area contributed by atoms with Crippen LogP contribution in [0.2, 0.25) is 0 Å². The number of carbonyl (C=O) groups is 1. The molecule has 0 aliphatic rings. The topological polar surface area (TPSA) is 26.3 Å². The lowest BCUT2D eigenvalue weighted by Gasteiger charge is -2.09. The predicted octanol–water partition coefficient (Wildman–Crippen LogP) is 4.76. The lowest BCUT2D eigenvalue weighted by atomic mass is 10.0. The third kappa shape index (κ3) is 3.07. The van der Waals surface area contributed by atoms with Crippen molar-refractivity contribution < 1.29 is 9.53 Å². The average molecular weight is 384 g/mol. The van der Waals surface area contributed by atoms with E-state index in [1.165, 1.54) is 0 Å². The van der Waals surface area contributed by atoms with Crippen molar-refractivity contribution in [1.29, 1.82) is 0 Å². The zero-order chi connectivity index (χ0) is 14.0. The summed E-state index contributed by atoms with van der Waals surface area (Å²) < 4.78 is 7.02. The molecule has 0 aromatic heterocycles. The molecule has 0 spiro atoms. The number of hydrogen-bond acceptors (Lipinski definition) is 2. The normalized spacial score (nSPS) is 10.3. The first kappa shape index (κ1) is 14.3. The fourth-order valence-corrected chi connectivity index (χ4v) is 2.49. The first-order valence-electron chi connectivity index (χ1n) is 5.67. The number of benzene rings is 2. The first-order valence-corrected chi connectivity index (χ1v) is 7.26. The minimum absolute atomic E-state index is 0.0566. The van der Waals surface area contributed by atoms with Gasteiger partial charge in [0.1, 0.15) is 5.75 Å². The van der Waals surface area contributed by atoms with Crippen LogP contribution in [0.3, 0.4) is 0 Å². The van der Waals surface area contributed by atoms with E-state index >= 15 is 0 Å². The van der Waals surface area contributed by atoms with Gasteiger partial charge < -0.3 is 4.74 Å². The van der Waals surface area contributed by atoms with Crippen molar-refractivity contribution in [2.75, 3.05) is 7.11 Å². The SMILES string of the molecule is COc1ccc(Br)cc1C(=O)c1ccc(C)c(Br)c1. The van der Waals surface area contributed by atoms with Crippen LogP contribution in [0.15, 0.2) is 45.3 Å². The molecule has 0 aliphatic carbocycles. The van der Waals surface area contributed by atoms with Gasteiger partial charge in [-0.15, -0.1) is 0 Å². The van der Waals surface area contributed by atoms with E-state index in [2.05, 4.69) is 31.9 Å². The van der Waals surface area contributed by atoms with Gasteiger partial charge in [0.2, 0.25) is 0 Å². The quantitative estimate of drug-likeness (QED) is 0.714. The Morgan fingerprint density at radius 2 is 1.84 bits per heavy atom. The molecule has 2 aromatic rings. The number of aryl methyl sites for hydroxylation is 1. The monoisotopic (exact) mass is 382 g/mol. The van der Waals surface area contributed by atoms with Gasteiger partial charge in [-0.05, 0) is 36.8 Å². The summed E-state index contributed by atoms with van der Waals surface area (Å²) in [6.45, 7) is 1.98. The van der Waals surface area contributed by atoms with E-state index in [0.29, 0.717) is 16.9 Å². The molecule has 2 nitrogen and oxygen atoms in total. The highest BCUT2D eigenvalue weighted by atomic mass is 79.9. The third-order valence-electron chi connectivity index (χ3n) is 2.84. The number of ether oxygens (including phenoxy) is 1. The summed E-state index contributed by atoms with van der Waals surface area (Å²) in [5, 5.41) is 0. The molecule has 2 aromatic carbocycles. The van der Waals surface area contributed by atoms with Gasteiger partial charge in [0, 0.05) is 14.5 Å². The summed E-state index contributed by atoms with van der Waals surface area (Å²) in [4.78, 5) is 12.5. The van der Waals surface area contributed by atoms with Crippen LogP contribution >= 0.6 is 31.9 Å². The number of hydrogen-bond donors (Lipinski definition) is 0. The third-order valence-corrected chi connectivity index (χ3v) is 4.19. The van der Waals surface area contributed by atoms with Crippen LogP contribution in [-0.2, 0) is 0 Å². The zero-order valence-corrected chi connectivity index (χ0v) is 13.7. The number of rotatable bonds is 3. The molecule has 0 N–H and O–H groups in total. The Morgan fingerprint density at radius 3 is 2.47 bits per heavy atom. The lowest BCUT2D eigenvalue weighted by Crippen LogP contribution is -2.04. The van der Waals surface area contributed by atoms with Gasteiger partial charge in [0.05, 0.1) is 12.7 Å². The van der Waals surface area contributed by atoms with Crippen molar-refractivity contribution in [1.82, 2.24) is 0 Å². The van der Waals surface area contributed by atoms with Gasteiger partial charge in [-0.25, -0.2) is 0 Å². The van der Waals surface area contributed by atoms with Crippen molar-refractivity contribution in [3.8, 4) is 5.75 Å². The van der Waals surface area contributed by atoms with E-state index in [-0.39, 0.29) is 5.78 Å². The minimum Gasteiger partial charge on any atom is -0.496 e. The van der Waals surface area contributed by atoms with E-state index in [0.717, 1.165) is 14.5 Å². The highest BCUT2D eigenvalue weighted by molar-refractivity contribution is 9.10. The van der Waals surface area contributed by atoms with Crippen LogP contribution < -0.4 is 4.74 Å². The van der Waals surface area contributed by atoms with E-state index in [1.54, 1.807) is 19.2 Å². The second kappa shape index (κ2) is 5.88. The average Bonchev–Trinajstić information content (AvgIpc) is 2.41. The van der Waals surface area contributed by atoms with Crippen LogP contribution in [0.4, 0.5) is 0 Å². The van der Waals surface area contributed by atoms with Crippen molar-refractivity contribution in [2.24, 2.45) is 0 Å². The predicted molar refractivity (Wildman–Crippen MR) is 83.0 cm³/mol. The molecule has 0 saturated heterocycles. The van der Waals surface area contributed by atoms with Gasteiger partial charge in [0.15, 0.2) is 5.78 Å². The second-order valence-corrected chi connectivity index (χ2v) is 5.91. The molecule has 0 aliphatic heterocycles. The summed E-state index contributed by atoms with van der Waals surface area (Å²) in [6.07, 6.45) is 0. The largest absolute Gasteiger partial charge is 0.496 e. The van der Waals surface area contributed by atoms with Crippen molar-refractivity contribution in [2.45, 2.75) is 6.92 Å². The number of halogens is 2. The lowest BCUT2D eigenvalue weighted by molar-refractivity contribution is 0.103. The summed E-state index contributed by atoms with van der Waals surface area (Å²) in [5.74, 6) is 0.517. The van der Waals surface area contributed by atoms with Crippen LogP contribution in [-0.4, -0.2) is 12.9 Å². The van der Waals surface area contributed by atoms with E-state index < -0.39 is 0 Å². The van der Waals surface area contributed by atoms with E-state index in [4.69, 9.17) is 4.74 Å². The molecule has 98 valence electrons. The second-order valence-electron chi connectivity index (χ2n) is 4.14. The first-order chi connectivity index (χ1) is 9.02. The summed E-state index contributed by atoms with van der Waals surface area (Å²) >= 11 is 6.82. The molecule has 0 bridgehead atoms. The van der Waals surface area contributed by atoms with Gasteiger partial charge >= 0.3 is 0 Å². The van der Waals surface area contributed by atoms with Crippen molar-refractivity contribution in [3.05, 3.63) is 62.0 Å². The van der Waals surface area contributed by atoms with Crippen molar-refractivity contribution in [3.63, 3.8) is 0 Å². The molecular weight excluding hydrogens is 372 g/mol. The van der Waals surface area contributed by atoms with Crippen LogP contribution in [0.1, 0.15) is 21.5 Å². The number of carbonyl (C=O) groups excluding carboxylic acids is 1. The van der Waals surface area contributed by atoms with Crippen LogP contribution in [0, 0.1) is 6.92 Å². The van der Waals surface area contributed by atoms with E-state index in [9.17, 15) is 4.79 Å².